The molecule has 1 amide bonds. The summed E-state index contributed by atoms with van der Waals surface area (Å²) in [7, 11) is 1.64. The van der Waals surface area contributed by atoms with Crippen molar-refractivity contribution < 1.29 is 9.53 Å². The average Bonchev–Trinajstić information content (AvgIpc) is 3.22. The van der Waals surface area contributed by atoms with Crippen molar-refractivity contribution >= 4 is 46.7 Å². The van der Waals surface area contributed by atoms with Crippen molar-refractivity contribution in [2.24, 2.45) is 4.99 Å². The molecule has 33 heavy (non-hydrogen) atoms. The minimum Gasteiger partial charge on any atom is -0.383 e. The molecule has 9 heteroatoms. The molecule has 1 aliphatic rings. The third-order valence-corrected chi connectivity index (χ3v) is 5.91. The Morgan fingerprint density at radius 2 is 1.94 bits per heavy atom. The van der Waals surface area contributed by atoms with E-state index in [0.717, 1.165) is 58.1 Å². The SMILES string of the molecule is CCNC(=NCCc1c[nH]c2c(CC)cccc12)N1CCN(CC(=O)NCCOC)CC1.I. The number of halogens is 1. The smallest absolute Gasteiger partial charge is 0.234 e. The van der Waals surface area contributed by atoms with Crippen molar-refractivity contribution in [2.75, 3.05) is 66.1 Å². The van der Waals surface area contributed by atoms with Crippen molar-refractivity contribution in [1.29, 1.82) is 0 Å². The fourth-order valence-electron chi connectivity index (χ4n) is 4.15. The van der Waals surface area contributed by atoms with Gasteiger partial charge in [0.05, 0.1) is 13.2 Å². The van der Waals surface area contributed by atoms with E-state index in [1.807, 2.05) is 0 Å². The lowest BCUT2D eigenvalue weighted by Gasteiger charge is -2.36. The quantitative estimate of drug-likeness (QED) is 0.177. The number of methoxy groups -OCH3 is 1. The molecule has 1 fully saturated rings. The van der Waals surface area contributed by atoms with Gasteiger partial charge >= 0.3 is 0 Å². The first-order valence-corrected chi connectivity index (χ1v) is 11.7. The number of H-pyrrole nitrogens is 1. The van der Waals surface area contributed by atoms with Crippen molar-refractivity contribution in [3.8, 4) is 0 Å². The van der Waals surface area contributed by atoms with Gasteiger partial charge in [0.1, 0.15) is 0 Å². The topological polar surface area (TPSA) is 85.0 Å². The summed E-state index contributed by atoms with van der Waals surface area (Å²) in [5.41, 5.74) is 3.93. The average molecular weight is 571 g/mol. The fourth-order valence-corrected chi connectivity index (χ4v) is 4.15. The van der Waals surface area contributed by atoms with Gasteiger partial charge in [0.25, 0.3) is 0 Å². The molecule has 1 saturated heterocycles. The van der Waals surface area contributed by atoms with Gasteiger partial charge in [0.2, 0.25) is 5.91 Å². The summed E-state index contributed by atoms with van der Waals surface area (Å²) in [5, 5.41) is 7.63. The number of aliphatic imine (C=N–C) groups is 1. The molecule has 3 N–H and O–H groups in total. The van der Waals surface area contributed by atoms with Crippen molar-refractivity contribution in [3.05, 3.63) is 35.5 Å². The Labute approximate surface area is 214 Å². The second-order valence-electron chi connectivity index (χ2n) is 8.10. The number of guanidine groups is 1. The molecule has 1 aromatic heterocycles. The number of piperazine rings is 1. The highest BCUT2D eigenvalue weighted by Crippen LogP contribution is 2.22. The van der Waals surface area contributed by atoms with Crippen LogP contribution >= 0.6 is 24.0 Å². The first-order valence-electron chi connectivity index (χ1n) is 11.7. The van der Waals surface area contributed by atoms with E-state index in [9.17, 15) is 4.79 Å². The molecule has 2 aromatic rings. The molecule has 0 unspecified atom stereocenters. The summed E-state index contributed by atoms with van der Waals surface area (Å²) in [6.07, 6.45) is 4.06. The molecule has 1 aliphatic heterocycles. The fraction of sp³-hybridized carbons (Fsp3) is 0.583. The highest BCUT2D eigenvalue weighted by molar-refractivity contribution is 14.0. The van der Waals surface area contributed by atoms with Gasteiger partial charge in [-0.1, -0.05) is 25.1 Å². The number of carbonyl (C=O) groups excluding carboxylic acids is 1. The summed E-state index contributed by atoms with van der Waals surface area (Å²) >= 11 is 0. The Hall–Kier alpha value is -1.85. The van der Waals surface area contributed by atoms with Gasteiger partial charge < -0.3 is 25.3 Å². The number of aromatic amines is 1. The van der Waals surface area contributed by atoms with Gasteiger partial charge in [0.15, 0.2) is 5.96 Å². The van der Waals surface area contributed by atoms with E-state index in [0.29, 0.717) is 19.7 Å². The highest BCUT2D eigenvalue weighted by atomic mass is 127. The van der Waals surface area contributed by atoms with Crippen molar-refractivity contribution in [2.45, 2.75) is 26.7 Å². The molecule has 0 saturated carbocycles. The van der Waals surface area contributed by atoms with E-state index in [-0.39, 0.29) is 29.9 Å². The summed E-state index contributed by atoms with van der Waals surface area (Å²) in [6.45, 7) is 10.8. The molecule has 2 heterocycles. The molecule has 3 rings (SSSR count). The van der Waals surface area contributed by atoms with Crippen LogP contribution in [0.4, 0.5) is 0 Å². The number of rotatable bonds is 10. The zero-order valence-corrected chi connectivity index (χ0v) is 22.5. The summed E-state index contributed by atoms with van der Waals surface area (Å²) < 4.78 is 4.98. The second-order valence-corrected chi connectivity index (χ2v) is 8.10. The van der Waals surface area contributed by atoms with Gasteiger partial charge in [-0.2, -0.15) is 0 Å². The molecule has 8 nitrogen and oxygen atoms in total. The number of ether oxygens (including phenoxy) is 1. The lowest BCUT2D eigenvalue weighted by molar-refractivity contribution is -0.122. The van der Waals surface area contributed by atoms with E-state index in [1.54, 1.807) is 7.11 Å². The Kier molecular flexibility index (Phi) is 12.0. The lowest BCUT2D eigenvalue weighted by Crippen LogP contribution is -2.54. The minimum atomic E-state index is 0. The number of para-hydroxylation sites is 1. The summed E-state index contributed by atoms with van der Waals surface area (Å²) in [4.78, 5) is 24.9. The van der Waals surface area contributed by atoms with Gasteiger partial charge in [0, 0.05) is 70.0 Å². The summed E-state index contributed by atoms with van der Waals surface area (Å²) in [6, 6.07) is 6.52. The van der Waals surface area contributed by atoms with Gasteiger partial charge in [-0.15, -0.1) is 24.0 Å². The number of hydrogen-bond acceptors (Lipinski definition) is 4. The van der Waals surface area contributed by atoms with Gasteiger partial charge in [-0.3, -0.25) is 14.7 Å². The number of hydrogen-bond donors (Lipinski definition) is 3. The Balaban J connectivity index is 0.00000385. The van der Waals surface area contributed by atoms with Crippen LogP contribution in [0.15, 0.2) is 29.4 Å². The van der Waals surface area contributed by atoms with E-state index in [1.165, 1.54) is 22.0 Å². The van der Waals surface area contributed by atoms with Crippen molar-refractivity contribution in [1.82, 2.24) is 25.4 Å². The van der Waals surface area contributed by atoms with E-state index in [4.69, 9.17) is 9.73 Å². The maximum absolute atomic E-state index is 12.0. The van der Waals surface area contributed by atoms with Crippen LogP contribution in [0.5, 0.6) is 0 Å². The van der Waals surface area contributed by atoms with Crippen LogP contribution in [0.25, 0.3) is 10.9 Å². The van der Waals surface area contributed by atoms with Crippen LogP contribution in [0.2, 0.25) is 0 Å². The first kappa shape index (κ1) is 27.4. The normalized spacial score (nSPS) is 14.9. The Bertz CT molecular complexity index is 892. The maximum Gasteiger partial charge on any atom is 0.234 e. The predicted octanol–water partition coefficient (Wildman–Crippen LogP) is 2.24. The van der Waals surface area contributed by atoms with Gasteiger partial charge in [-0.25, -0.2) is 0 Å². The van der Waals surface area contributed by atoms with Crippen LogP contribution in [-0.2, 0) is 22.4 Å². The zero-order valence-electron chi connectivity index (χ0n) is 20.2. The largest absolute Gasteiger partial charge is 0.383 e. The lowest BCUT2D eigenvalue weighted by atomic mass is 10.1. The molecule has 0 bridgehead atoms. The molecular weight excluding hydrogens is 531 g/mol. The van der Waals surface area contributed by atoms with E-state index in [2.05, 4.69) is 63.7 Å². The Morgan fingerprint density at radius 1 is 1.15 bits per heavy atom. The van der Waals surface area contributed by atoms with E-state index >= 15 is 0 Å². The molecule has 0 radical (unpaired) electrons. The zero-order chi connectivity index (χ0) is 22.8. The number of fused-ring (bicyclic) bond motifs is 1. The van der Waals surface area contributed by atoms with E-state index < -0.39 is 0 Å². The predicted molar refractivity (Wildman–Crippen MR) is 146 cm³/mol. The maximum atomic E-state index is 12.0. The number of nitrogens with zero attached hydrogens (tertiary/aromatic N) is 3. The molecule has 0 aliphatic carbocycles. The molecule has 0 atom stereocenters. The standard InChI is InChI=1S/C24H38N6O2.HI/c1-4-19-7-6-8-21-20(17-28-23(19)21)9-10-27-24(25-5-2)30-14-12-29(13-15-30)18-22(31)26-11-16-32-3;/h6-8,17,28H,4-5,9-16,18H2,1-3H3,(H,25,27)(H,26,31);1H. The molecule has 1 aromatic carbocycles. The van der Waals surface area contributed by atoms with Crippen LogP contribution in [-0.4, -0.2) is 92.7 Å². The van der Waals surface area contributed by atoms with Crippen LogP contribution in [0.1, 0.15) is 25.0 Å². The third-order valence-electron chi connectivity index (χ3n) is 5.91. The second kappa shape index (κ2) is 14.4. The number of amides is 1. The first-order chi connectivity index (χ1) is 15.7. The monoisotopic (exact) mass is 570 g/mol. The summed E-state index contributed by atoms with van der Waals surface area (Å²) in [5.74, 6) is 1.02. The minimum absolute atomic E-state index is 0. The Morgan fingerprint density at radius 3 is 2.64 bits per heavy atom. The number of benzene rings is 1. The number of carbonyl (C=O) groups is 1. The number of nitrogens with one attached hydrogen (secondary N) is 3. The van der Waals surface area contributed by atoms with Crippen LogP contribution in [0.3, 0.4) is 0 Å². The van der Waals surface area contributed by atoms with Crippen molar-refractivity contribution in [3.63, 3.8) is 0 Å². The highest BCUT2D eigenvalue weighted by Gasteiger charge is 2.21. The van der Waals surface area contributed by atoms with Gasteiger partial charge in [-0.05, 0) is 30.9 Å². The third kappa shape index (κ3) is 7.86. The number of aromatic nitrogens is 1. The number of aryl methyl sites for hydroxylation is 1. The molecular formula is C24H39IN6O2. The molecule has 184 valence electrons. The molecule has 0 spiro atoms. The van der Waals surface area contributed by atoms with Crippen LogP contribution < -0.4 is 10.6 Å². The van der Waals surface area contributed by atoms with Crippen LogP contribution in [0, 0.1) is 0 Å².